The quantitative estimate of drug-likeness (QED) is 0.642. The zero-order valence-corrected chi connectivity index (χ0v) is 19.4. The van der Waals surface area contributed by atoms with Gasteiger partial charge in [0, 0.05) is 24.4 Å². The molecule has 1 saturated carbocycles. The number of likely N-dealkylation sites (tertiary alicyclic amines) is 1. The molecule has 1 aliphatic heterocycles. The van der Waals surface area contributed by atoms with Crippen LogP contribution in [-0.2, 0) is 27.4 Å². The van der Waals surface area contributed by atoms with Gasteiger partial charge >= 0.3 is 6.09 Å². The highest BCUT2D eigenvalue weighted by atomic mass is 16.6. The van der Waals surface area contributed by atoms with Gasteiger partial charge in [-0.25, -0.2) is 9.78 Å². The van der Waals surface area contributed by atoms with E-state index in [1.54, 1.807) is 6.20 Å². The molecule has 4 rings (SSSR count). The Morgan fingerprint density at radius 3 is 2.59 bits per heavy atom. The summed E-state index contributed by atoms with van der Waals surface area (Å²) >= 11 is 0. The summed E-state index contributed by atoms with van der Waals surface area (Å²) in [6, 6.07) is 7.85. The maximum Gasteiger partial charge on any atom is 0.423 e. The number of aromatic nitrogens is 2. The number of ether oxygens (including phenoxy) is 1. The summed E-state index contributed by atoms with van der Waals surface area (Å²) < 4.78 is 5.41. The molecular formula is C25H33N5O4. The third-order valence-electron chi connectivity index (χ3n) is 6.76. The number of carbonyl (C=O) groups excluding carboxylic acids is 3. The van der Waals surface area contributed by atoms with Crippen molar-refractivity contribution >= 4 is 17.9 Å². The Labute approximate surface area is 199 Å². The van der Waals surface area contributed by atoms with Crippen molar-refractivity contribution in [3.63, 3.8) is 0 Å². The van der Waals surface area contributed by atoms with Crippen LogP contribution in [-0.4, -0.2) is 62.3 Å². The summed E-state index contributed by atoms with van der Waals surface area (Å²) in [5.41, 5.74) is 7.57. The Morgan fingerprint density at radius 2 is 1.88 bits per heavy atom. The fourth-order valence-electron chi connectivity index (χ4n) is 5.01. The van der Waals surface area contributed by atoms with E-state index in [1.165, 1.54) is 12.7 Å². The molecule has 0 spiro atoms. The molecule has 1 aromatic carbocycles. The smallest absolute Gasteiger partial charge is 0.423 e. The van der Waals surface area contributed by atoms with E-state index < -0.39 is 30.0 Å². The molecule has 1 aromatic heterocycles. The van der Waals surface area contributed by atoms with Crippen molar-refractivity contribution in [3.05, 3.63) is 54.1 Å². The van der Waals surface area contributed by atoms with E-state index in [9.17, 15) is 14.4 Å². The fraction of sp³-hybridized carbons (Fsp3) is 0.520. The molecule has 0 bridgehead atoms. The zero-order chi connectivity index (χ0) is 23.9. The number of nitrogens with two attached hydrogens (primary N) is 1. The Kier molecular flexibility index (Phi) is 8.08. The van der Waals surface area contributed by atoms with E-state index in [2.05, 4.69) is 14.9 Å². The second kappa shape index (κ2) is 11.4. The number of nitrogens with one attached hydrogen (secondary N) is 1. The number of rotatable bonds is 7. The van der Waals surface area contributed by atoms with Crippen LogP contribution >= 0.6 is 0 Å². The summed E-state index contributed by atoms with van der Waals surface area (Å²) in [5.74, 6) is -1.29. The third kappa shape index (κ3) is 5.71. The van der Waals surface area contributed by atoms with Gasteiger partial charge in [0.2, 0.25) is 0 Å². The molecule has 182 valence electrons. The minimum Gasteiger partial charge on any atom is -0.444 e. The summed E-state index contributed by atoms with van der Waals surface area (Å²) in [6.45, 7) is 0.756. The fourth-order valence-corrected chi connectivity index (χ4v) is 5.01. The van der Waals surface area contributed by atoms with E-state index in [1.807, 2.05) is 30.3 Å². The van der Waals surface area contributed by atoms with Crippen molar-refractivity contribution < 1.29 is 19.1 Å². The lowest BCUT2D eigenvalue weighted by molar-refractivity contribution is -0.146. The van der Waals surface area contributed by atoms with Gasteiger partial charge < -0.3 is 15.5 Å². The Morgan fingerprint density at radius 1 is 1.12 bits per heavy atom. The van der Waals surface area contributed by atoms with Crippen LogP contribution in [0.3, 0.4) is 0 Å². The van der Waals surface area contributed by atoms with Gasteiger partial charge in [-0.2, -0.15) is 4.90 Å². The molecule has 2 atom stereocenters. The van der Waals surface area contributed by atoms with Crippen LogP contribution in [0.2, 0.25) is 0 Å². The average molecular weight is 468 g/mol. The van der Waals surface area contributed by atoms with E-state index in [0.29, 0.717) is 23.1 Å². The highest BCUT2D eigenvalue weighted by Crippen LogP contribution is 2.30. The molecular weight excluding hydrogens is 434 g/mol. The standard InChI is InChI=1S/C25H33N5O4/c26-21(14-19-15-27-17-28-19)23(31)30(25(33)34-16-18-8-3-1-4-9-18)24(32)22-12-7-13-29(22)20-10-5-2-6-11-20/h1,3-4,8-9,15,17,20-22H,2,5-7,10-14,16,26H2,(H,27,28)/t21-,22-/m0/s1. The summed E-state index contributed by atoms with van der Waals surface area (Å²) in [7, 11) is 0. The molecule has 3 N–H and O–H groups in total. The maximum absolute atomic E-state index is 13.7. The third-order valence-corrected chi connectivity index (χ3v) is 6.76. The second-order valence-electron chi connectivity index (χ2n) is 9.13. The number of benzene rings is 1. The lowest BCUT2D eigenvalue weighted by Crippen LogP contribution is -2.57. The highest BCUT2D eigenvalue weighted by Gasteiger charge is 2.43. The number of imidazole rings is 1. The predicted molar refractivity (Wildman–Crippen MR) is 125 cm³/mol. The molecule has 3 amide bonds. The predicted octanol–water partition coefficient (Wildman–Crippen LogP) is 2.77. The summed E-state index contributed by atoms with van der Waals surface area (Å²) in [4.78, 5) is 49.8. The average Bonchev–Trinajstić information content (AvgIpc) is 3.56. The molecule has 0 radical (unpaired) electrons. The van der Waals surface area contributed by atoms with Gasteiger partial charge in [0.25, 0.3) is 11.8 Å². The van der Waals surface area contributed by atoms with Crippen molar-refractivity contribution in [2.24, 2.45) is 5.73 Å². The largest absolute Gasteiger partial charge is 0.444 e. The zero-order valence-electron chi connectivity index (χ0n) is 19.4. The molecule has 2 heterocycles. The van der Waals surface area contributed by atoms with Crippen molar-refractivity contribution in [1.29, 1.82) is 0 Å². The van der Waals surface area contributed by atoms with E-state index in [-0.39, 0.29) is 13.0 Å². The van der Waals surface area contributed by atoms with Gasteiger partial charge in [0.05, 0.1) is 18.4 Å². The molecule has 2 aromatic rings. The molecule has 34 heavy (non-hydrogen) atoms. The lowest BCUT2D eigenvalue weighted by Gasteiger charge is -2.36. The summed E-state index contributed by atoms with van der Waals surface area (Å²) in [5, 5.41) is 0. The number of nitrogens with zero attached hydrogens (tertiary/aromatic N) is 3. The SMILES string of the molecule is N[C@@H](Cc1cnc[nH]1)C(=O)N(C(=O)OCc1ccccc1)C(=O)[C@@H]1CCCN1C1CCCCC1. The van der Waals surface area contributed by atoms with Gasteiger partial charge in [-0.15, -0.1) is 0 Å². The molecule has 2 fully saturated rings. The van der Waals surface area contributed by atoms with Crippen molar-refractivity contribution in [1.82, 2.24) is 19.8 Å². The number of carbonyl (C=O) groups is 3. The van der Waals surface area contributed by atoms with Crippen LogP contribution in [0, 0.1) is 0 Å². The first-order valence-electron chi connectivity index (χ1n) is 12.1. The Bertz CT molecular complexity index is 959. The first-order chi connectivity index (χ1) is 16.5. The van der Waals surface area contributed by atoms with Crippen LogP contribution in [0.4, 0.5) is 4.79 Å². The van der Waals surface area contributed by atoms with E-state index in [0.717, 1.165) is 44.2 Å². The minimum absolute atomic E-state index is 0.0382. The molecule has 0 unspecified atom stereocenters. The summed E-state index contributed by atoms with van der Waals surface area (Å²) in [6.07, 6.45) is 9.24. The van der Waals surface area contributed by atoms with Crippen LogP contribution < -0.4 is 5.73 Å². The van der Waals surface area contributed by atoms with E-state index in [4.69, 9.17) is 10.5 Å². The maximum atomic E-state index is 13.7. The van der Waals surface area contributed by atoms with Crippen molar-refractivity contribution in [2.45, 2.75) is 76.1 Å². The number of imide groups is 3. The normalized spacial score (nSPS) is 20.1. The lowest BCUT2D eigenvalue weighted by atomic mass is 9.93. The first-order valence-corrected chi connectivity index (χ1v) is 12.1. The highest BCUT2D eigenvalue weighted by molar-refractivity contribution is 6.11. The molecule has 1 saturated heterocycles. The monoisotopic (exact) mass is 467 g/mol. The number of aromatic amines is 1. The number of hydrogen-bond donors (Lipinski definition) is 2. The van der Waals surface area contributed by atoms with Crippen LogP contribution in [0.15, 0.2) is 42.9 Å². The molecule has 2 aliphatic rings. The molecule has 9 heteroatoms. The van der Waals surface area contributed by atoms with Crippen molar-refractivity contribution in [2.75, 3.05) is 6.54 Å². The Balaban J connectivity index is 1.52. The first kappa shape index (κ1) is 24.1. The van der Waals surface area contributed by atoms with E-state index >= 15 is 0 Å². The van der Waals surface area contributed by atoms with Crippen LogP contribution in [0.25, 0.3) is 0 Å². The minimum atomic E-state index is -1.08. The number of amides is 3. The second-order valence-corrected chi connectivity index (χ2v) is 9.13. The molecule has 1 aliphatic carbocycles. The number of H-pyrrole nitrogens is 1. The van der Waals surface area contributed by atoms with Gasteiger partial charge in [0.15, 0.2) is 0 Å². The van der Waals surface area contributed by atoms with Crippen molar-refractivity contribution in [3.8, 4) is 0 Å². The van der Waals surface area contributed by atoms with Gasteiger partial charge in [-0.3, -0.25) is 14.5 Å². The van der Waals surface area contributed by atoms with Gasteiger partial charge in [-0.05, 0) is 37.8 Å². The Hall–Kier alpha value is -3.04. The topological polar surface area (TPSA) is 122 Å². The van der Waals surface area contributed by atoms with Crippen LogP contribution in [0.1, 0.15) is 56.2 Å². The van der Waals surface area contributed by atoms with Gasteiger partial charge in [0.1, 0.15) is 6.61 Å². The number of hydrogen-bond acceptors (Lipinski definition) is 7. The molecule has 9 nitrogen and oxygen atoms in total. The van der Waals surface area contributed by atoms with Crippen LogP contribution in [0.5, 0.6) is 0 Å². The van der Waals surface area contributed by atoms with Gasteiger partial charge in [-0.1, -0.05) is 49.6 Å².